The highest BCUT2D eigenvalue weighted by molar-refractivity contribution is 5.69. The van der Waals surface area contributed by atoms with Crippen LogP contribution in [0.25, 0.3) is 0 Å². The van der Waals surface area contributed by atoms with Gasteiger partial charge in [0.05, 0.1) is 5.92 Å². The molecule has 0 radical (unpaired) electrons. The van der Waals surface area contributed by atoms with Crippen LogP contribution in [-0.2, 0) is 11.3 Å². The quantitative estimate of drug-likeness (QED) is 0.842. The maximum absolute atomic E-state index is 10.8. The summed E-state index contributed by atoms with van der Waals surface area (Å²) in [5, 5.41) is 8.85. The standard InChI is InChI=1S/C15H23NO2/c1-11-5-6-12(2)14(9-11)10-16(4)8-7-13(3)15(17)18/h5-6,9,13H,7-8,10H2,1-4H3,(H,17,18). The topological polar surface area (TPSA) is 40.5 Å². The van der Waals surface area contributed by atoms with Crippen molar-refractivity contribution in [1.29, 1.82) is 0 Å². The number of rotatable bonds is 6. The molecule has 1 aromatic rings. The summed E-state index contributed by atoms with van der Waals surface area (Å²) in [7, 11) is 2.04. The Morgan fingerprint density at radius 1 is 1.39 bits per heavy atom. The fraction of sp³-hybridized carbons (Fsp3) is 0.533. The maximum atomic E-state index is 10.8. The second-order valence-corrected chi connectivity index (χ2v) is 5.20. The number of nitrogens with zero attached hydrogens (tertiary/aromatic N) is 1. The van der Waals surface area contributed by atoms with E-state index in [-0.39, 0.29) is 5.92 Å². The van der Waals surface area contributed by atoms with Gasteiger partial charge in [-0.3, -0.25) is 4.79 Å². The first-order valence-electron chi connectivity index (χ1n) is 6.37. The van der Waals surface area contributed by atoms with Crippen LogP contribution in [0.3, 0.4) is 0 Å². The molecule has 0 spiro atoms. The van der Waals surface area contributed by atoms with Crippen LogP contribution in [0.1, 0.15) is 30.0 Å². The summed E-state index contributed by atoms with van der Waals surface area (Å²) in [6.07, 6.45) is 0.691. The van der Waals surface area contributed by atoms with Crippen LogP contribution in [0.2, 0.25) is 0 Å². The van der Waals surface area contributed by atoms with E-state index in [1.165, 1.54) is 16.7 Å². The molecule has 1 rings (SSSR count). The fourth-order valence-electron chi connectivity index (χ4n) is 1.88. The van der Waals surface area contributed by atoms with Gasteiger partial charge >= 0.3 is 5.97 Å². The van der Waals surface area contributed by atoms with Crippen molar-refractivity contribution in [2.75, 3.05) is 13.6 Å². The van der Waals surface area contributed by atoms with Crippen LogP contribution in [0.4, 0.5) is 0 Å². The first-order chi connectivity index (χ1) is 8.40. The van der Waals surface area contributed by atoms with Crippen LogP contribution in [0.5, 0.6) is 0 Å². The molecule has 0 heterocycles. The lowest BCUT2D eigenvalue weighted by Gasteiger charge is -2.19. The van der Waals surface area contributed by atoms with Gasteiger partial charge < -0.3 is 10.0 Å². The summed E-state index contributed by atoms with van der Waals surface area (Å²) in [5.41, 5.74) is 3.88. The first kappa shape index (κ1) is 14.7. The second kappa shape index (κ2) is 6.55. The van der Waals surface area contributed by atoms with Gasteiger partial charge in [0.15, 0.2) is 0 Å². The van der Waals surface area contributed by atoms with Crippen LogP contribution in [-0.4, -0.2) is 29.6 Å². The highest BCUT2D eigenvalue weighted by Crippen LogP contribution is 2.13. The third-order valence-electron chi connectivity index (χ3n) is 3.31. The van der Waals surface area contributed by atoms with Crippen molar-refractivity contribution in [3.63, 3.8) is 0 Å². The first-order valence-corrected chi connectivity index (χ1v) is 6.37. The van der Waals surface area contributed by atoms with Crippen molar-refractivity contribution < 1.29 is 9.90 Å². The fourth-order valence-corrected chi connectivity index (χ4v) is 1.88. The van der Waals surface area contributed by atoms with E-state index in [1.54, 1.807) is 6.92 Å². The van der Waals surface area contributed by atoms with Gasteiger partial charge in [-0.2, -0.15) is 0 Å². The second-order valence-electron chi connectivity index (χ2n) is 5.20. The van der Waals surface area contributed by atoms with Crippen molar-refractivity contribution in [1.82, 2.24) is 4.90 Å². The molecule has 0 saturated heterocycles. The van der Waals surface area contributed by atoms with Gasteiger partial charge in [-0.25, -0.2) is 0 Å². The van der Waals surface area contributed by atoms with E-state index in [4.69, 9.17) is 5.11 Å². The van der Waals surface area contributed by atoms with Crippen molar-refractivity contribution >= 4 is 5.97 Å². The highest BCUT2D eigenvalue weighted by atomic mass is 16.4. The summed E-state index contributed by atoms with van der Waals surface area (Å²) in [6, 6.07) is 6.45. The molecular weight excluding hydrogens is 226 g/mol. The molecular formula is C15H23NO2. The van der Waals surface area contributed by atoms with Gasteiger partial charge in [-0.15, -0.1) is 0 Å². The Labute approximate surface area is 109 Å². The zero-order chi connectivity index (χ0) is 13.7. The van der Waals surface area contributed by atoms with E-state index >= 15 is 0 Å². The SMILES string of the molecule is Cc1ccc(C)c(CN(C)CCC(C)C(=O)O)c1. The molecule has 0 amide bonds. The number of benzene rings is 1. The average Bonchev–Trinajstić information content (AvgIpc) is 2.30. The normalized spacial score (nSPS) is 12.7. The molecule has 0 bridgehead atoms. The van der Waals surface area contributed by atoms with Gasteiger partial charge in [-0.1, -0.05) is 30.7 Å². The minimum Gasteiger partial charge on any atom is -0.481 e. The monoisotopic (exact) mass is 249 g/mol. The number of carboxylic acids is 1. The summed E-state index contributed by atoms with van der Waals surface area (Å²) in [5.74, 6) is -0.985. The minimum absolute atomic E-state index is 0.272. The van der Waals surface area contributed by atoms with Gasteiger partial charge in [-0.05, 0) is 45.0 Å². The Morgan fingerprint density at radius 2 is 2.06 bits per heavy atom. The largest absolute Gasteiger partial charge is 0.481 e. The molecule has 18 heavy (non-hydrogen) atoms. The van der Waals surface area contributed by atoms with E-state index in [9.17, 15) is 4.79 Å². The van der Waals surface area contributed by atoms with Gasteiger partial charge in [0.2, 0.25) is 0 Å². The molecule has 1 unspecified atom stereocenters. The molecule has 0 aromatic heterocycles. The van der Waals surface area contributed by atoms with E-state index in [0.717, 1.165) is 13.1 Å². The summed E-state index contributed by atoms with van der Waals surface area (Å²) in [4.78, 5) is 12.9. The van der Waals surface area contributed by atoms with Crippen molar-refractivity contribution in [3.8, 4) is 0 Å². The lowest BCUT2D eigenvalue weighted by molar-refractivity contribution is -0.141. The predicted molar refractivity (Wildman–Crippen MR) is 73.7 cm³/mol. The molecule has 0 fully saturated rings. The van der Waals surface area contributed by atoms with Crippen molar-refractivity contribution in [3.05, 3.63) is 34.9 Å². The Morgan fingerprint density at radius 3 is 2.67 bits per heavy atom. The van der Waals surface area contributed by atoms with Gasteiger partial charge in [0.1, 0.15) is 0 Å². The number of aliphatic carboxylic acids is 1. The number of carbonyl (C=O) groups is 1. The summed E-state index contributed by atoms with van der Waals surface area (Å²) >= 11 is 0. The van der Waals surface area contributed by atoms with Gasteiger partial charge in [0.25, 0.3) is 0 Å². The third kappa shape index (κ3) is 4.49. The summed E-state index contributed by atoms with van der Waals surface area (Å²) < 4.78 is 0. The molecule has 1 atom stereocenters. The molecule has 0 aliphatic heterocycles. The predicted octanol–water partition coefficient (Wildman–Crippen LogP) is 2.85. The molecule has 100 valence electrons. The Kier molecular flexibility index (Phi) is 5.35. The lowest BCUT2D eigenvalue weighted by atomic mass is 10.0. The molecule has 0 saturated carbocycles. The highest BCUT2D eigenvalue weighted by Gasteiger charge is 2.12. The van der Waals surface area contributed by atoms with Crippen LogP contribution in [0, 0.1) is 19.8 Å². The van der Waals surface area contributed by atoms with Crippen molar-refractivity contribution in [2.24, 2.45) is 5.92 Å². The van der Waals surface area contributed by atoms with E-state index in [1.807, 2.05) is 7.05 Å². The number of aryl methyl sites for hydroxylation is 2. The summed E-state index contributed by atoms with van der Waals surface area (Å²) in [6.45, 7) is 7.65. The van der Waals surface area contributed by atoms with E-state index < -0.39 is 5.97 Å². The maximum Gasteiger partial charge on any atom is 0.306 e. The molecule has 1 aromatic carbocycles. The average molecular weight is 249 g/mol. The number of hydrogen-bond acceptors (Lipinski definition) is 2. The van der Waals surface area contributed by atoms with Crippen LogP contribution in [0.15, 0.2) is 18.2 Å². The van der Waals surface area contributed by atoms with E-state index in [2.05, 4.69) is 36.9 Å². The minimum atomic E-state index is -0.713. The molecule has 0 aliphatic rings. The van der Waals surface area contributed by atoms with Crippen LogP contribution >= 0.6 is 0 Å². The Bertz CT molecular complexity index is 415. The zero-order valence-electron chi connectivity index (χ0n) is 11.7. The lowest BCUT2D eigenvalue weighted by Crippen LogP contribution is -2.23. The number of carboxylic acid groups (broad SMARTS) is 1. The zero-order valence-corrected chi connectivity index (χ0v) is 11.7. The smallest absolute Gasteiger partial charge is 0.306 e. The molecule has 0 aliphatic carbocycles. The molecule has 3 nitrogen and oxygen atoms in total. The Hall–Kier alpha value is -1.35. The van der Waals surface area contributed by atoms with Gasteiger partial charge in [0, 0.05) is 6.54 Å². The van der Waals surface area contributed by atoms with E-state index in [0.29, 0.717) is 6.42 Å². The molecule has 3 heteroatoms. The van der Waals surface area contributed by atoms with Crippen LogP contribution < -0.4 is 0 Å². The third-order valence-corrected chi connectivity index (χ3v) is 3.31. The van der Waals surface area contributed by atoms with Crippen molar-refractivity contribution in [2.45, 2.75) is 33.7 Å². The number of hydrogen-bond donors (Lipinski definition) is 1. The Balaban J connectivity index is 2.51. The molecule has 1 N–H and O–H groups in total.